The zero-order valence-corrected chi connectivity index (χ0v) is 11.8. The van der Waals surface area contributed by atoms with Gasteiger partial charge in [-0.3, -0.25) is 4.79 Å². The van der Waals surface area contributed by atoms with Gasteiger partial charge >= 0.3 is 5.78 Å². The Morgan fingerprint density at radius 3 is 1.45 bits per heavy atom. The Morgan fingerprint density at radius 1 is 0.636 bits per heavy atom. The molecular formula is C19H15O3+. The van der Waals surface area contributed by atoms with Crippen LogP contribution in [-0.4, -0.2) is 20.8 Å². The monoisotopic (exact) mass is 291 g/mol. The number of ketones is 1. The van der Waals surface area contributed by atoms with Crippen molar-refractivity contribution in [3.63, 3.8) is 0 Å². The van der Waals surface area contributed by atoms with E-state index in [0.29, 0.717) is 0 Å². The minimum absolute atomic E-state index is 0.208. The lowest BCUT2D eigenvalue weighted by atomic mass is 9.91. The predicted octanol–water partition coefficient (Wildman–Crippen LogP) is 3.57. The van der Waals surface area contributed by atoms with Gasteiger partial charge in [-0.15, -0.1) is 0 Å². The molecule has 2 aromatic rings. The van der Waals surface area contributed by atoms with Crippen LogP contribution in [0.2, 0.25) is 0 Å². The van der Waals surface area contributed by atoms with Crippen molar-refractivity contribution in [1.29, 1.82) is 0 Å². The van der Waals surface area contributed by atoms with Crippen LogP contribution in [0.4, 0.5) is 0 Å². The van der Waals surface area contributed by atoms with Gasteiger partial charge in [0, 0.05) is 12.2 Å². The summed E-state index contributed by atoms with van der Waals surface area (Å²) in [6.07, 6.45) is 6.95. The normalized spacial score (nSPS) is 13.5. The van der Waals surface area contributed by atoms with Gasteiger partial charge in [0.2, 0.25) is 0 Å². The van der Waals surface area contributed by atoms with Crippen molar-refractivity contribution in [2.24, 2.45) is 0 Å². The highest BCUT2D eigenvalue weighted by molar-refractivity contribution is 6.03. The predicted molar refractivity (Wildman–Crippen MR) is 87.5 cm³/mol. The van der Waals surface area contributed by atoms with E-state index in [1.807, 2.05) is 36.4 Å². The first-order valence-corrected chi connectivity index (χ1v) is 6.88. The number of phenols is 2. The molecule has 0 aromatic heterocycles. The Kier molecular flexibility index (Phi) is 3.62. The molecule has 108 valence electrons. The molecule has 1 aliphatic carbocycles. The standard InChI is InChI=1S/C19H14O3/c20-16-7-1-13(2-8-16)19(14-3-9-17(21)10-4-14)15-5-11-18(22)12-6-15/h1-12,20-21H/p+1. The van der Waals surface area contributed by atoms with E-state index in [4.69, 9.17) is 0 Å². The highest BCUT2D eigenvalue weighted by Gasteiger charge is 2.13. The smallest absolute Gasteiger partial charge is 0.340 e. The summed E-state index contributed by atoms with van der Waals surface area (Å²) >= 11 is 0. The van der Waals surface area contributed by atoms with E-state index < -0.39 is 0 Å². The lowest BCUT2D eigenvalue weighted by Crippen LogP contribution is -1.97. The van der Waals surface area contributed by atoms with E-state index in [1.165, 1.54) is 0 Å². The number of phenolic OH excluding ortho intramolecular Hbond substituents is 2. The fourth-order valence-corrected chi connectivity index (χ4v) is 2.38. The molecule has 0 aliphatic heterocycles. The summed E-state index contributed by atoms with van der Waals surface area (Å²) in [4.78, 5) is 9.48. The lowest BCUT2D eigenvalue weighted by Gasteiger charge is -2.13. The fourth-order valence-electron chi connectivity index (χ4n) is 2.38. The second-order valence-corrected chi connectivity index (χ2v) is 5.02. The lowest BCUT2D eigenvalue weighted by molar-refractivity contribution is 0.475. The van der Waals surface area contributed by atoms with Gasteiger partial charge in [0.25, 0.3) is 0 Å². The van der Waals surface area contributed by atoms with Crippen molar-refractivity contribution in [3.8, 4) is 11.5 Å². The van der Waals surface area contributed by atoms with Crippen molar-refractivity contribution in [2.75, 3.05) is 0 Å². The van der Waals surface area contributed by atoms with E-state index >= 15 is 0 Å². The quantitative estimate of drug-likeness (QED) is 0.831. The molecule has 3 rings (SSSR count). The Labute approximate surface area is 128 Å². The number of hydrogen-bond acceptors (Lipinski definition) is 2. The Morgan fingerprint density at radius 2 is 1.05 bits per heavy atom. The van der Waals surface area contributed by atoms with Crippen LogP contribution in [0.5, 0.6) is 11.5 Å². The maximum atomic E-state index is 9.48. The fraction of sp³-hybridized carbons (Fsp3) is 0. The highest BCUT2D eigenvalue weighted by Crippen LogP contribution is 2.31. The molecule has 0 atom stereocenters. The van der Waals surface area contributed by atoms with Gasteiger partial charge in [-0.25, -0.2) is 0 Å². The first kappa shape index (κ1) is 13.9. The van der Waals surface area contributed by atoms with Crippen LogP contribution < -0.4 is 0 Å². The number of aromatic hydroxyl groups is 2. The van der Waals surface area contributed by atoms with Gasteiger partial charge in [0.05, 0.1) is 0 Å². The molecule has 3 nitrogen and oxygen atoms in total. The molecule has 2 aromatic carbocycles. The van der Waals surface area contributed by atoms with Crippen molar-refractivity contribution in [1.82, 2.24) is 0 Å². The maximum Gasteiger partial charge on any atom is 0.340 e. The van der Waals surface area contributed by atoms with Crippen LogP contribution in [0.15, 0.2) is 78.4 Å². The average Bonchev–Trinajstić information content (AvgIpc) is 2.53. The Hall–Kier alpha value is -3.07. The SMILES string of the molecule is Oc1ccc(C(=C2C=CC(=[OH+])C=C2)c2ccc(O)cc2)cc1. The van der Waals surface area contributed by atoms with Crippen molar-refractivity contribution < 1.29 is 15.0 Å². The molecule has 0 saturated heterocycles. The van der Waals surface area contributed by atoms with Crippen molar-refractivity contribution in [2.45, 2.75) is 0 Å². The minimum Gasteiger partial charge on any atom is -0.508 e. The second-order valence-electron chi connectivity index (χ2n) is 5.02. The van der Waals surface area contributed by atoms with Gasteiger partial charge in [-0.2, -0.15) is 0 Å². The van der Waals surface area contributed by atoms with E-state index in [1.54, 1.807) is 36.4 Å². The van der Waals surface area contributed by atoms with Gasteiger partial charge in [0.15, 0.2) is 0 Å². The molecule has 3 heteroatoms. The van der Waals surface area contributed by atoms with Crippen LogP contribution in [0, 0.1) is 0 Å². The van der Waals surface area contributed by atoms with Gasteiger partial charge in [-0.1, -0.05) is 24.3 Å². The van der Waals surface area contributed by atoms with Crippen molar-refractivity contribution in [3.05, 3.63) is 89.5 Å². The minimum atomic E-state index is 0.208. The van der Waals surface area contributed by atoms with E-state index in [2.05, 4.69) is 0 Å². The maximum absolute atomic E-state index is 9.48. The summed E-state index contributed by atoms with van der Waals surface area (Å²) in [5.41, 5.74) is 3.78. The highest BCUT2D eigenvalue weighted by atomic mass is 16.3. The van der Waals surface area contributed by atoms with Crippen LogP contribution >= 0.6 is 0 Å². The van der Waals surface area contributed by atoms with Crippen LogP contribution in [0.3, 0.4) is 0 Å². The number of hydrogen-bond donors (Lipinski definition) is 2. The summed E-state index contributed by atoms with van der Waals surface area (Å²) < 4.78 is 0. The molecular weight excluding hydrogens is 276 g/mol. The van der Waals surface area contributed by atoms with E-state index in [-0.39, 0.29) is 17.3 Å². The molecule has 22 heavy (non-hydrogen) atoms. The summed E-state index contributed by atoms with van der Waals surface area (Å²) in [6, 6.07) is 13.9. The molecule has 1 aliphatic rings. The summed E-state index contributed by atoms with van der Waals surface area (Å²) in [6.45, 7) is 0. The molecule has 3 N–H and O–H groups in total. The zero-order valence-electron chi connectivity index (χ0n) is 11.8. The van der Waals surface area contributed by atoms with Gasteiger partial charge in [-0.05, 0) is 58.7 Å². The van der Waals surface area contributed by atoms with Crippen molar-refractivity contribution >= 4 is 11.4 Å². The van der Waals surface area contributed by atoms with Crippen LogP contribution in [0.1, 0.15) is 11.1 Å². The van der Waals surface area contributed by atoms with Gasteiger partial charge < -0.3 is 10.2 Å². The largest absolute Gasteiger partial charge is 0.508 e. The van der Waals surface area contributed by atoms with E-state index in [0.717, 1.165) is 22.3 Å². The van der Waals surface area contributed by atoms with Gasteiger partial charge in [0.1, 0.15) is 11.5 Å². The molecule has 0 spiro atoms. The molecule has 0 heterocycles. The zero-order chi connectivity index (χ0) is 15.5. The Balaban J connectivity index is 2.18. The Bertz CT molecular complexity index is 726. The molecule has 0 amide bonds. The number of allylic oxidation sites excluding steroid dienone is 5. The summed E-state index contributed by atoms with van der Waals surface area (Å²) in [7, 11) is 0. The van der Waals surface area contributed by atoms with E-state index in [9.17, 15) is 15.0 Å². The van der Waals surface area contributed by atoms with Crippen LogP contribution in [0.25, 0.3) is 5.57 Å². The molecule has 0 unspecified atom stereocenters. The third-order valence-corrected chi connectivity index (χ3v) is 3.47. The topological polar surface area (TPSA) is 61.9 Å². The summed E-state index contributed by atoms with van der Waals surface area (Å²) in [5.74, 6) is 0.624. The third kappa shape index (κ3) is 2.83. The molecule has 0 fully saturated rings. The number of rotatable bonds is 2. The first-order chi connectivity index (χ1) is 10.6. The number of benzene rings is 2. The molecule has 0 bridgehead atoms. The first-order valence-electron chi connectivity index (χ1n) is 6.88. The van der Waals surface area contributed by atoms with Crippen LogP contribution in [-0.2, 0) is 0 Å². The average molecular weight is 291 g/mol. The second kappa shape index (κ2) is 5.74. The number of carbonyl (C=O) groups excluding carboxylic acids is 1. The summed E-state index contributed by atoms with van der Waals surface area (Å²) in [5, 5.41) is 19.0. The third-order valence-electron chi connectivity index (χ3n) is 3.47. The molecule has 0 radical (unpaired) electrons. The molecule has 0 saturated carbocycles.